The van der Waals surface area contributed by atoms with Crippen molar-refractivity contribution in [2.45, 2.75) is 25.3 Å². The molecule has 1 heterocycles. The number of nitrogens with one attached hydrogen (secondary N) is 1. The minimum atomic E-state index is -4.50. The zero-order valence-electron chi connectivity index (χ0n) is 16.9. The Kier molecular flexibility index (Phi) is 5.95. The van der Waals surface area contributed by atoms with Crippen LogP contribution in [0, 0.1) is 5.41 Å². The summed E-state index contributed by atoms with van der Waals surface area (Å²) in [7, 11) is -1.49. The quantitative estimate of drug-likeness (QED) is 0.322. The average Bonchev–Trinajstić information content (AvgIpc) is 2.77. The van der Waals surface area contributed by atoms with E-state index < -0.39 is 25.0 Å². The highest BCUT2D eigenvalue weighted by Gasteiger charge is 2.36. The Morgan fingerprint density at radius 3 is 2.56 bits per heavy atom. The van der Waals surface area contributed by atoms with Crippen molar-refractivity contribution in [1.29, 1.82) is 5.41 Å². The Balaban J connectivity index is 1.60. The van der Waals surface area contributed by atoms with Crippen LogP contribution in [0.2, 0.25) is 0 Å². The predicted molar refractivity (Wildman–Crippen MR) is 115 cm³/mol. The van der Waals surface area contributed by atoms with Gasteiger partial charge in [-0.25, -0.2) is 0 Å². The molecule has 0 aliphatic carbocycles. The topological polar surface area (TPSA) is 88.6 Å². The zero-order chi connectivity index (χ0) is 22.9. The van der Waals surface area contributed by atoms with Crippen LogP contribution >= 0.6 is 0 Å². The number of hydrogen-bond acceptors (Lipinski definition) is 4. The van der Waals surface area contributed by atoms with E-state index in [1.54, 1.807) is 18.2 Å². The lowest BCUT2D eigenvalue weighted by molar-refractivity contribution is -0.137. The van der Waals surface area contributed by atoms with Gasteiger partial charge in [-0.3, -0.25) is 5.41 Å². The van der Waals surface area contributed by atoms with Crippen LogP contribution in [0.25, 0.3) is 0 Å². The lowest BCUT2D eigenvalue weighted by atomic mass is 9.71. The Labute approximate surface area is 183 Å². The molecule has 0 radical (unpaired) electrons. The third-order valence-corrected chi connectivity index (χ3v) is 5.34. The molecule has 9 heteroatoms. The van der Waals surface area contributed by atoms with Gasteiger partial charge in [-0.05, 0) is 46.4 Å². The standard InChI is InChI=1S/C23H20BF3N2O3/c25-23(26,27)17-8-6-15-10-20(32-24(30)19(15)12-17)16-7-9-18(22(28)29)21(11-16)31-13-14-4-2-1-3-5-14/h1-9,11-12,20,30H,10,13H2,(H3,28,29). The van der Waals surface area contributed by atoms with E-state index in [9.17, 15) is 18.2 Å². The second-order valence-electron chi connectivity index (χ2n) is 7.54. The average molecular weight is 440 g/mol. The van der Waals surface area contributed by atoms with Gasteiger partial charge in [0, 0.05) is 6.42 Å². The Bertz CT molecular complexity index is 1140. The van der Waals surface area contributed by atoms with E-state index in [0.717, 1.165) is 17.7 Å². The molecule has 3 aromatic rings. The third kappa shape index (κ3) is 4.63. The lowest BCUT2D eigenvalue weighted by Gasteiger charge is -2.29. The molecule has 0 saturated carbocycles. The number of ether oxygens (including phenoxy) is 1. The summed E-state index contributed by atoms with van der Waals surface area (Å²) < 4.78 is 50.6. The van der Waals surface area contributed by atoms with Crippen molar-refractivity contribution in [2.75, 3.05) is 0 Å². The van der Waals surface area contributed by atoms with Gasteiger partial charge >= 0.3 is 13.3 Å². The first-order chi connectivity index (χ1) is 15.2. The Morgan fingerprint density at radius 2 is 1.88 bits per heavy atom. The van der Waals surface area contributed by atoms with Crippen LogP contribution < -0.4 is 15.9 Å². The van der Waals surface area contributed by atoms with Gasteiger partial charge in [0.1, 0.15) is 18.2 Å². The van der Waals surface area contributed by atoms with Gasteiger partial charge in [0.2, 0.25) is 0 Å². The fraction of sp³-hybridized carbons (Fsp3) is 0.174. The normalized spacial score (nSPS) is 15.9. The summed E-state index contributed by atoms with van der Waals surface area (Å²) in [6.07, 6.45) is -4.82. The molecular formula is C23H20BF3N2O3. The molecule has 5 nitrogen and oxygen atoms in total. The number of benzene rings is 3. The maximum atomic E-state index is 13.0. The summed E-state index contributed by atoms with van der Waals surface area (Å²) in [6, 6.07) is 17.8. The van der Waals surface area contributed by atoms with Crippen molar-refractivity contribution in [2.24, 2.45) is 5.73 Å². The van der Waals surface area contributed by atoms with E-state index in [0.29, 0.717) is 22.4 Å². The van der Waals surface area contributed by atoms with Crippen LogP contribution in [0.3, 0.4) is 0 Å². The van der Waals surface area contributed by atoms with E-state index in [2.05, 4.69) is 0 Å². The highest BCUT2D eigenvalue weighted by molar-refractivity contribution is 6.61. The number of alkyl halides is 3. The first-order valence-electron chi connectivity index (χ1n) is 9.91. The van der Waals surface area contributed by atoms with Crippen LogP contribution in [-0.4, -0.2) is 18.0 Å². The number of amidine groups is 1. The summed E-state index contributed by atoms with van der Waals surface area (Å²) in [5.74, 6) is 0.226. The number of fused-ring (bicyclic) bond motifs is 1. The number of halogens is 3. The number of rotatable bonds is 5. The Morgan fingerprint density at radius 1 is 1.12 bits per heavy atom. The maximum Gasteiger partial charge on any atom is 0.491 e. The minimum Gasteiger partial charge on any atom is -0.488 e. The van der Waals surface area contributed by atoms with Gasteiger partial charge in [-0.15, -0.1) is 0 Å². The molecule has 4 rings (SSSR count). The van der Waals surface area contributed by atoms with E-state index in [4.69, 9.17) is 20.5 Å². The fourth-order valence-electron chi connectivity index (χ4n) is 3.68. The van der Waals surface area contributed by atoms with Crippen molar-refractivity contribution in [1.82, 2.24) is 0 Å². The summed E-state index contributed by atoms with van der Waals surface area (Å²) in [6.45, 7) is 0.266. The zero-order valence-corrected chi connectivity index (χ0v) is 16.9. The summed E-state index contributed by atoms with van der Waals surface area (Å²) >= 11 is 0. The fourth-order valence-corrected chi connectivity index (χ4v) is 3.68. The van der Waals surface area contributed by atoms with E-state index in [1.165, 1.54) is 6.07 Å². The van der Waals surface area contributed by atoms with Crippen molar-refractivity contribution < 1.29 is 27.6 Å². The molecule has 3 aromatic carbocycles. The maximum absolute atomic E-state index is 13.0. The van der Waals surface area contributed by atoms with Crippen molar-refractivity contribution in [3.63, 3.8) is 0 Å². The second kappa shape index (κ2) is 8.68. The molecule has 1 aliphatic heterocycles. The molecule has 0 bridgehead atoms. The van der Waals surface area contributed by atoms with Crippen molar-refractivity contribution >= 4 is 18.4 Å². The van der Waals surface area contributed by atoms with Gasteiger partial charge in [0.05, 0.1) is 17.2 Å². The van der Waals surface area contributed by atoms with Gasteiger partial charge in [-0.1, -0.05) is 42.5 Å². The minimum absolute atomic E-state index is 0.108. The third-order valence-electron chi connectivity index (χ3n) is 5.34. The molecule has 1 atom stereocenters. The van der Waals surface area contributed by atoms with Crippen LogP contribution in [-0.2, 0) is 23.9 Å². The summed E-state index contributed by atoms with van der Waals surface area (Å²) in [5.41, 5.74) is 7.54. The number of nitrogens with two attached hydrogens (primary N) is 1. The summed E-state index contributed by atoms with van der Waals surface area (Å²) in [4.78, 5) is 0. The molecule has 164 valence electrons. The van der Waals surface area contributed by atoms with Crippen molar-refractivity contribution in [3.05, 3.63) is 94.5 Å². The molecule has 1 unspecified atom stereocenters. The van der Waals surface area contributed by atoms with E-state index in [1.807, 2.05) is 30.3 Å². The molecular weight excluding hydrogens is 420 g/mol. The molecule has 0 amide bonds. The molecule has 0 spiro atoms. The van der Waals surface area contributed by atoms with Crippen LogP contribution in [0.4, 0.5) is 13.2 Å². The van der Waals surface area contributed by atoms with Crippen LogP contribution in [0.5, 0.6) is 5.75 Å². The molecule has 0 saturated heterocycles. The smallest absolute Gasteiger partial charge is 0.488 e. The molecule has 32 heavy (non-hydrogen) atoms. The molecule has 4 N–H and O–H groups in total. The molecule has 0 aromatic heterocycles. The van der Waals surface area contributed by atoms with Crippen LogP contribution in [0.15, 0.2) is 66.7 Å². The highest BCUT2D eigenvalue weighted by Crippen LogP contribution is 2.33. The first-order valence-corrected chi connectivity index (χ1v) is 9.91. The van der Waals surface area contributed by atoms with E-state index >= 15 is 0 Å². The molecule has 0 fully saturated rings. The second-order valence-corrected chi connectivity index (χ2v) is 7.54. The van der Waals surface area contributed by atoms with Gasteiger partial charge in [0.25, 0.3) is 0 Å². The number of hydrogen-bond donors (Lipinski definition) is 3. The first kappa shape index (κ1) is 21.9. The van der Waals surface area contributed by atoms with E-state index in [-0.39, 0.29) is 24.3 Å². The molecule has 1 aliphatic rings. The highest BCUT2D eigenvalue weighted by atomic mass is 19.4. The summed E-state index contributed by atoms with van der Waals surface area (Å²) in [5, 5.41) is 18.2. The monoisotopic (exact) mass is 440 g/mol. The number of nitrogen functional groups attached to an aromatic ring is 1. The van der Waals surface area contributed by atoms with Gasteiger partial charge < -0.3 is 20.1 Å². The predicted octanol–water partition coefficient (Wildman–Crippen LogP) is 3.57. The SMILES string of the molecule is N=C(N)c1ccc(C2Cc3ccc(C(F)(F)F)cc3B(O)O2)cc1OCc1ccccc1. The van der Waals surface area contributed by atoms with Crippen LogP contribution in [0.1, 0.15) is 33.9 Å². The van der Waals surface area contributed by atoms with Crippen molar-refractivity contribution in [3.8, 4) is 5.75 Å². The van der Waals surface area contributed by atoms with Gasteiger partial charge in [-0.2, -0.15) is 13.2 Å². The van der Waals surface area contributed by atoms with Gasteiger partial charge in [0.15, 0.2) is 0 Å². The Hall–Kier alpha value is -3.30. The largest absolute Gasteiger partial charge is 0.491 e. The lowest BCUT2D eigenvalue weighted by Crippen LogP contribution is -2.43.